The van der Waals surface area contributed by atoms with Crippen LogP contribution in [0.4, 0.5) is 0 Å². The quantitative estimate of drug-likeness (QED) is 0.739. The number of hydrogen-bond donors (Lipinski definition) is 0. The number of rotatable bonds is 3. The average Bonchev–Trinajstić information content (AvgIpc) is 2.78. The SMILES string of the molecule is CCc1ccc(-c2csc(C=O)n2)cc1. The summed E-state index contributed by atoms with van der Waals surface area (Å²) >= 11 is 1.38. The van der Waals surface area contributed by atoms with Gasteiger partial charge < -0.3 is 0 Å². The van der Waals surface area contributed by atoms with Gasteiger partial charge in [-0.05, 0) is 12.0 Å². The van der Waals surface area contributed by atoms with Gasteiger partial charge in [-0.1, -0.05) is 31.2 Å². The van der Waals surface area contributed by atoms with Gasteiger partial charge in [0.2, 0.25) is 0 Å². The van der Waals surface area contributed by atoms with E-state index >= 15 is 0 Å². The molecule has 0 aliphatic carbocycles. The molecule has 0 radical (unpaired) electrons. The van der Waals surface area contributed by atoms with Gasteiger partial charge in [-0.3, -0.25) is 4.79 Å². The Hall–Kier alpha value is -1.48. The molecule has 0 N–H and O–H groups in total. The minimum Gasteiger partial charge on any atom is -0.295 e. The largest absolute Gasteiger partial charge is 0.295 e. The van der Waals surface area contributed by atoms with Crippen LogP contribution in [0.25, 0.3) is 11.3 Å². The number of aromatic nitrogens is 1. The van der Waals surface area contributed by atoms with E-state index in [-0.39, 0.29) is 0 Å². The van der Waals surface area contributed by atoms with Gasteiger partial charge in [0.05, 0.1) is 5.69 Å². The second-order valence-electron chi connectivity index (χ2n) is 3.24. The van der Waals surface area contributed by atoms with Crippen LogP contribution in [0.15, 0.2) is 29.6 Å². The molecule has 0 aliphatic heterocycles. The number of nitrogens with zero attached hydrogens (tertiary/aromatic N) is 1. The van der Waals surface area contributed by atoms with Crippen LogP contribution in [0.5, 0.6) is 0 Å². The fourth-order valence-electron chi connectivity index (χ4n) is 1.39. The fourth-order valence-corrected chi connectivity index (χ4v) is 2.01. The topological polar surface area (TPSA) is 30.0 Å². The molecule has 0 bridgehead atoms. The van der Waals surface area contributed by atoms with Gasteiger partial charge in [0, 0.05) is 10.9 Å². The number of aryl methyl sites for hydroxylation is 1. The van der Waals surface area contributed by atoms with Crippen LogP contribution in [-0.4, -0.2) is 11.3 Å². The van der Waals surface area contributed by atoms with E-state index < -0.39 is 0 Å². The zero-order valence-electron chi connectivity index (χ0n) is 8.43. The molecule has 0 unspecified atom stereocenters. The Morgan fingerprint density at radius 1 is 1.33 bits per heavy atom. The van der Waals surface area contributed by atoms with Gasteiger partial charge in [0.15, 0.2) is 11.3 Å². The maximum Gasteiger partial charge on any atom is 0.178 e. The third-order valence-corrected chi connectivity index (χ3v) is 3.05. The molecule has 1 heterocycles. The summed E-state index contributed by atoms with van der Waals surface area (Å²) in [7, 11) is 0. The first-order valence-electron chi connectivity index (χ1n) is 4.83. The maximum atomic E-state index is 10.5. The van der Waals surface area contributed by atoms with Crippen LogP contribution < -0.4 is 0 Å². The predicted octanol–water partition coefficient (Wildman–Crippen LogP) is 3.19. The van der Waals surface area contributed by atoms with Gasteiger partial charge >= 0.3 is 0 Å². The minimum atomic E-state index is 0.532. The molecule has 2 rings (SSSR count). The molecule has 1 aromatic heterocycles. The number of hydrogen-bond acceptors (Lipinski definition) is 3. The number of benzene rings is 1. The summed E-state index contributed by atoms with van der Waals surface area (Å²) in [4.78, 5) is 14.7. The highest BCUT2D eigenvalue weighted by atomic mass is 32.1. The smallest absolute Gasteiger partial charge is 0.178 e. The van der Waals surface area contributed by atoms with Gasteiger partial charge in [0.1, 0.15) is 0 Å². The lowest BCUT2D eigenvalue weighted by Crippen LogP contribution is -1.82. The van der Waals surface area contributed by atoms with E-state index in [0.29, 0.717) is 5.01 Å². The molecule has 3 heteroatoms. The van der Waals surface area contributed by atoms with Crippen molar-refractivity contribution in [1.82, 2.24) is 4.98 Å². The summed E-state index contributed by atoms with van der Waals surface area (Å²) in [5.74, 6) is 0. The van der Waals surface area contributed by atoms with E-state index in [0.717, 1.165) is 24.0 Å². The van der Waals surface area contributed by atoms with Crippen molar-refractivity contribution in [2.24, 2.45) is 0 Å². The Balaban J connectivity index is 2.32. The average molecular weight is 217 g/mol. The Kier molecular flexibility index (Phi) is 2.92. The molecule has 0 spiro atoms. The summed E-state index contributed by atoms with van der Waals surface area (Å²) in [6.45, 7) is 2.13. The molecule has 15 heavy (non-hydrogen) atoms. The van der Waals surface area contributed by atoms with Crippen LogP contribution in [0.1, 0.15) is 22.3 Å². The van der Waals surface area contributed by atoms with Crippen LogP contribution in [0.2, 0.25) is 0 Å². The zero-order chi connectivity index (χ0) is 10.7. The van der Waals surface area contributed by atoms with E-state index in [1.807, 2.05) is 17.5 Å². The third-order valence-electron chi connectivity index (χ3n) is 2.28. The molecule has 0 amide bonds. The minimum absolute atomic E-state index is 0.532. The lowest BCUT2D eigenvalue weighted by Gasteiger charge is -1.98. The third kappa shape index (κ3) is 2.13. The van der Waals surface area contributed by atoms with Gasteiger partial charge in [0.25, 0.3) is 0 Å². The van der Waals surface area contributed by atoms with Crippen LogP contribution in [0.3, 0.4) is 0 Å². The van der Waals surface area contributed by atoms with Crippen molar-refractivity contribution in [2.75, 3.05) is 0 Å². The second kappa shape index (κ2) is 4.36. The molecule has 76 valence electrons. The molecule has 1 aromatic carbocycles. The van der Waals surface area contributed by atoms with Crippen molar-refractivity contribution >= 4 is 17.6 Å². The highest BCUT2D eigenvalue weighted by molar-refractivity contribution is 7.11. The first-order valence-corrected chi connectivity index (χ1v) is 5.71. The Bertz CT molecular complexity index is 459. The van der Waals surface area contributed by atoms with Crippen LogP contribution in [0, 0.1) is 0 Å². The molecule has 0 fully saturated rings. The van der Waals surface area contributed by atoms with E-state index in [9.17, 15) is 4.79 Å². The molecule has 2 nitrogen and oxygen atoms in total. The van der Waals surface area contributed by atoms with Crippen molar-refractivity contribution in [3.8, 4) is 11.3 Å². The lowest BCUT2D eigenvalue weighted by molar-refractivity contribution is 0.112. The van der Waals surface area contributed by atoms with Crippen molar-refractivity contribution in [2.45, 2.75) is 13.3 Å². The highest BCUT2D eigenvalue weighted by Crippen LogP contribution is 2.21. The summed E-state index contributed by atoms with van der Waals surface area (Å²) in [6.07, 6.45) is 1.82. The molecule has 0 saturated heterocycles. The van der Waals surface area contributed by atoms with E-state index in [4.69, 9.17) is 0 Å². The number of carbonyl (C=O) groups excluding carboxylic acids is 1. The monoisotopic (exact) mass is 217 g/mol. The normalized spacial score (nSPS) is 10.2. The molecule has 2 aromatic rings. The van der Waals surface area contributed by atoms with Crippen molar-refractivity contribution in [3.63, 3.8) is 0 Å². The van der Waals surface area contributed by atoms with Crippen LogP contribution >= 0.6 is 11.3 Å². The van der Waals surface area contributed by atoms with E-state index in [2.05, 4.69) is 24.0 Å². The van der Waals surface area contributed by atoms with Gasteiger partial charge in [-0.25, -0.2) is 4.98 Å². The first-order chi connectivity index (χ1) is 7.33. The second-order valence-corrected chi connectivity index (χ2v) is 4.13. The Morgan fingerprint density at radius 2 is 2.07 bits per heavy atom. The number of carbonyl (C=O) groups is 1. The molecular formula is C12H11NOS. The predicted molar refractivity (Wildman–Crippen MR) is 62.3 cm³/mol. The van der Waals surface area contributed by atoms with Crippen molar-refractivity contribution < 1.29 is 4.79 Å². The van der Waals surface area contributed by atoms with Gasteiger partial charge in [-0.15, -0.1) is 11.3 Å². The zero-order valence-corrected chi connectivity index (χ0v) is 9.25. The summed E-state index contributed by atoms with van der Waals surface area (Å²) < 4.78 is 0. The Morgan fingerprint density at radius 3 is 2.60 bits per heavy atom. The van der Waals surface area contributed by atoms with Crippen molar-refractivity contribution in [3.05, 3.63) is 40.2 Å². The summed E-state index contributed by atoms with van der Waals surface area (Å²) in [5, 5.41) is 2.44. The number of thiazole rings is 1. The standard InChI is InChI=1S/C12H11NOS/c1-2-9-3-5-10(6-4-9)11-8-15-12(7-14)13-11/h3-8H,2H2,1H3. The first kappa shape index (κ1) is 10.1. The lowest BCUT2D eigenvalue weighted by atomic mass is 10.1. The summed E-state index contributed by atoms with van der Waals surface area (Å²) in [6, 6.07) is 8.27. The molecule has 0 saturated carbocycles. The highest BCUT2D eigenvalue weighted by Gasteiger charge is 2.03. The molecule has 0 aliphatic rings. The van der Waals surface area contributed by atoms with Crippen LogP contribution in [-0.2, 0) is 6.42 Å². The van der Waals surface area contributed by atoms with Gasteiger partial charge in [-0.2, -0.15) is 0 Å². The molecular weight excluding hydrogens is 206 g/mol. The number of aldehydes is 1. The van der Waals surface area contributed by atoms with E-state index in [1.165, 1.54) is 16.9 Å². The fraction of sp³-hybridized carbons (Fsp3) is 0.167. The van der Waals surface area contributed by atoms with E-state index in [1.54, 1.807) is 0 Å². The maximum absolute atomic E-state index is 10.5. The molecule has 0 atom stereocenters. The Labute approximate surface area is 92.6 Å². The summed E-state index contributed by atoms with van der Waals surface area (Å²) in [5.41, 5.74) is 3.26. The van der Waals surface area contributed by atoms with Crippen molar-refractivity contribution in [1.29, 1.82) is 0 Å².